The van der Waals surface area contributed by atoms with Crippen LogP contribution in [0.5, 0.6) is 0 Å². The molecule has 9 heteroatoms. The molecule has 1 heterocycles. The highest BCUT2D eigenvalue weighted by atomic mass is 32.2. The van der Waals surface area contributed by atoms with Crippen LogP contribution in [0.4, 0.5) is 11.4 Å². The largest absolute Gasteiger partial charge is 0.326 e. The van der Waals surface area contributed by atoms with Crippen LogP contribution in [0, 0.1) is 6.92 Å². The van der Waals surface area contributed by atoms with Gasteiger partial charge in [0.15, 0.2) is 0 Å². The zero-order valence-electron chi connectivity index (χ0n) is 14.6. The Morgan fingerprint density at radius 2 is 2.00 bits per heavy atom. The van der Waals surface area contributed by atoms with E-state index in [1.807, 2.05) is 24.3 Å². The molecule has 0 aromatic heterocycles. The minimum atomic E-state index is -3.87. The SMILES string of the molecule is Cc1ccc(NC(=O)CCN2C(=O)CSc3ccccc32)cc1S(N)(=O)=O. The van der Waals surface area contributed by atoms with Crippen molar-refractivity contribution in [2.24, 2.45) is 5.14 Å². The van der Waals surface area contributed by atoms with Crippen LogP contribution in [0.3, 0.4) is 0 Å². The molecule has 0 fully saturated rings. The summed E-state index contributed by atoms with van der Waals surface area (Å²) in [4.78, 5) is 27.1. The Hall–Kier alpha value is -2.36. The lowest BCUT2D eigenvalue weighted by Crippen LogP contribution is -2.37. The van der Waals surface area contributed by atoms with Crippen molar-refractivity contribution in [2.45, 2.75) is 23.1 Å². The number of rotatable bonds is 5. The molecule has 142 valence electrons. The summed E-state index contributed by atoms with van der Waals surface area (Å²) in [5.74, 6) is -0.0185. The Kier molecular flexibility index (Phi) is 5.54. The van der Waals surface area contributed by atoms with Crippen LogP contribution in [0.1, 0.15) is 12.0 Å². The Labute approximate surface area is 162 Å². The highest BCUT2D eigenvalue weighted by molar-refractivity contribution is 8.00. The van der Waals surface area contributed by atoms with Crippen molar-refractivity contribution in [1.82, 2.24) is 0 Å². The van der Waals surface area contributed by atoms with E-state index in [9.17, 15) is 18.0 Å². The second kappa shape index (κ2) is 7.71. The molecule has 27 heavy (non-hydrogen) atoms. The summed E-state index contributed by atoms with van der Waals surface area (Å²) >= 11 is 1.48. The number of anilines is 2. The summed E-state index contributed by atoms with van der Waals surface area (Å²) in [5, 5.41) is 7.85. The number of benzene rings is 2. The number of hydrogen-bond acceptors (Lipinski definition) is 5. The lowest BCUT2D eigenvalue weighted by molar-refractivity contribution is -0.117. The van der Waals surface area contributed by atoms with Crippen LogP contribution in [0.15, 0.2) is 52.3 Å². The zero-order chi connectivity index (χ0) is 19.6. The highest BCUT2D eigenvalue weighted by Crippen LogP contribution is 2.34. The second-order valence-electron chi connectivity index (χ2n) is 6.13. The maximum atomic E-state index is 12.3. The fraction of sp³-hybridized carbons (Fsp3) is 0.222. The number of thioether (sulfide) groups is 1. The van der Waals surface area contributed by atoms with E-state index in [0.717, 1.165) is 10.6 Å². The molecule has 0 unspecified atom stereocenters. The minimum Gasteiger partial charge on any atom is -0.326 e. The number of sulfonamides is 1. The Bertz CT molecular complexity index is 1010. The molecule has 2 aromatic rings. The van der Waals surface area contributed by atoms with Crippen molar-refractivity contribution in [2.75, 3.05) is 22.5 Å². The van der Waals surface area contributed by atoms with Gasteiger partial charge in [-0.25, -0.2) is 13.6 Å². The number of para-hydroxylation sites is 1. The van der Waals surface area contributed by atoms with E-state index in [-0.39, 0.29) is 29.7 Å². The molecule has 0 saturated heterocycles. The molecule has 2 aromatic carbocycles. The van der Waals surface area contributed by atoms with Crippen LogP contribution in [0.2, 0.25) is 0 Å². The first kappa shape index (κ1) is 19.4. The highest BCUT2D eigenvalue weighted by Gasteiger charge is 2.24. The Morgan fingerprint density at radius 3 is 2.74 bits per heavy atom. The topological polar surface area (TPSA) is 110 Å². The number of carbonyl (C=O) groups excluding carboxylic acids is 2. The predicted molar refractivity (Wildman–Crippen MR) is 105 cm³/mol. The van der Waals surface area contributed by atoms with E-state index in [1.165, 1.54) is 17.8 Å². The number of amides is 2. The molecule has 1 aliphatic rings. The standard InChI is InChI=1S/C18H19N3O4S2/c1-12-6-7-13(10-16(12)27(19,24)25)20-17(22)8-9-21-14-4-2-3-5-15(14)26-11-18(21)23/h2-7,10H,8-9,11H2,1H3,(H,20,22)(H2,19,24,25). The number of nitrogens with two attached hydrogens (primary N) is 1. The smallest absolute Gasteiger partial charge is 0.238 e. The summed E-state index contributed by atoms with van der Waals surface area (Å²) in [7, 11) is -3.87. The first-order valence-electron chi connectivity index (χ1n) is 8.21. The average molecular weight is 406 g/mol. The third kappa shape index (κ3) is 4.49. The van der Waals surface area contributed by atoms with E-state index < -0.39 is 10.0 Å². The minimum absolute atomic E-state index is 0.0301. The van der Waals surface area contributed by atoms with Crippen molar-refractivity contribution in [3.05, 3.63) is 48.0 Å². The number of fused-ring (bicyclic) bond motifs is 1. The van der Waals surface area contributed by atoms with E-state index in [2.05, 4.69) is 5.32 Å². The fourth-order valence-electron chi connectivity index (χ4n) is 2.82. The lowest BCUT2D eigenvalue weighted by Gasteiger charge is -2.28. The molecule has 0 saturated carbocycles. The van der Waals surface area contributed by atoms with Gasteiger partial charge in [0.2, 0.25) is 21.8 Å². The first-order chi connectivity index (χ1) is 12.8. The van der Waals surface area contributed by atoms with Crippen molar-refractivity contribution in [1.29, 1.82) is 0 Å². The van der Waals surface area contributed by atoms with Gasteiger partial charge in [-0.05, 0) is 36.8 Å². The first-order valence-corrected chi connectivity index (χ1v) is 10.7. The summed E-state index contributed by atoms with van der Waals surface area (Å²) in [5.41, 5.74) is 1.65. The lowest BCUT2D eigenvalue weighted by atomic mass is 10.2. The van der Waals surface area contributed by atoms with Crippen LogP contribution in [0.25, 0.3) is 0 Å². The van der Waals surface area contributed by atoms with Gasteiger partial charge in [-0.2, -0.15) is 0 Å². The van der Waals surface area contributed by atoms with Gasteiger partial charge in [0, 0.05) is 23.5 Å². The van der Waals surface area contributed by atoms with E-state index in [0.29, 0.717) is 17.0 Å². The monoisotopic (exact) mass is 405 g/mol. The molecule has 0 spiro atoms. The Balaban J connectivity index is 1.68. The molecule has 7 nitrogen and oxygen atoms in total. The molecule has 0 atom stereocenters. The number of primary sulfonamides is 1. The van der Waals surface area contributed by atoms with Gasteiger partial charge in [0.25, 0.3) is 0 Å². The van der Waals surface area contributed by atoms with Gasteiger partial charge in [-0.15, -0.1) is 11.8 Å². The van der Waals surface area contributed by atoms with Gasteiger partial charge in [-0.3, -0.25) is 9.59 Å². The average Bonchev–Trinajstić information content (AvgIpc) is 2.61. The van der Waals surface area contributed by atoms with Gasteiger partial charge in [0.1, 0.15) is 0 Å². The normalized spacial score (nSPS) is 14.0. The van der Waals surface area contributed by atoms with Crippen molar-refractivity contribution in [3.8, 4) is 0 Å². The number of hydrogen-bond donors (Lipinski definition) is 2. The maximum absolute atomic E-state index is 12.3. The second-order valence-corrected chi connectivity index (χ2v) is 8.67. The number of nitrogens with zero attached hydrogens (tertiary/aromatic N) is 1. The zero-order valence-corrected chi connectivity index (χ0v) is 16.3. The van der Waals surface area contributed by atoms with E-state index in [4.69, 9.17) is 5.14 Å². The summed E-state index contributed by atoms with van der Waals surface area (Å²) in [6.07, 6.45) is 0.0866. The molecular weight excluding hydrogens is 386 g/mol. The molecule has 1 aliphatic heterocycles. The van der Waals surface area contributed by atoms with Crippen LogP contribution < -0.4 is 15.4 Å². The van der Waals surface area contributed by atoms with Crippen molar-refractivity contribution in [3.63, 3.8) is 0 Å². The number of carbonyl (C=O) groups is 2. The quantitative estimate of drug-likeness (QED) is 0.792. The van der Waals surface area contributed by atoms with E-state index >= 15 is 0 Å². The molecule has 0 bridgehead atoms. The molecule has 3 rings (SSSR count). The van der Waals surface area contributed by atoms with Crippen molar-refractivity contribution < 1.29 is 18.0 Å². The van der Waals surface area contributed by atoms with Crippen LogP contribution in [-0.4, -0.2) is 32.5 Å². The molecule has 2 amide bonds. The summed E-state index contributed by atoms with van der Waals surface area (Å²) in [6, 6.07) is 12.1. The maximum Gasteiger partial charge on any atom is 0.238 e. The van der Waals surface area contributed by atoms with Crippen LogP contribution >= 0.6 is 11.8 Å². The molecule has 3 N–H and O–H groups in total. The van der Waals surface area contributed by atoms with Gasteiger partial charge in [-0.1, -0.05) is 18.2 Å². The summed E-state index contributed by atoms with van der Waals surface area (Å²) < 4.78 is 23.2. The van der Waals surface area contributed by atoms with Gasteiger partial charge < -0.3 is 10.2 Å². The summed E-state index contributed by atoms with van der Waals surface area (Å²) in [6.45, 7) is 1.87. The number of aryl methyl sites for hydroxylation is 1. The van der Waals surface area contributed by atoms with E-state index in [1.54, 1.807) is 24.0 Å². The molecular formula is C18H19N3O4S2. The van der Waals surface area contributed by atoms with Gasteiger partial charge >= 0.3 is 0 Å². The van der Waals surface area contributed by atoms with Gasteiger partial charge in [0.05, 0.1) is 16.3 Å². The fourth-order valence-corrected chi connectivity index (χ4v) is 4.56. The molecule has 0 radical (unpaired) electrons. The van der Waals surface area contributed by atoms with Crippen LogP contribution in [-0.2, 0) is 19.6 Å². The molecule has 0 aliphatic carbocycles. The number of nitrogens with one attached hydrogen (secondary N) is 1. The Morgan fingerprint density at radius 1 is 1.26 bits per heavy atom. The van der Waals surface area contributed by atoms with Crippen molar-refractivity contribution >= 4 is 45.0 Å². The third-order valence-corrected chi connectivity index (χ3v) is 6.25. The third-order valence-electron chi connectivity index (χ3n) is 4.15. The predicted octanol–water partition coefficient (Wildman–Crippen LogP) is 2.11.